The van der Waals surface area contributed by atoms with E-state index in [4.69, 9.17) is 23.2 Å². The Labute approximate surface area is 88.3 Å². The molecule has 0 saturated heterocycles. The quantitative estimate of drug-likeness (QED) is 0.818. The Morgan fingerprint density at radius 3 is 2.54 bits per heavy atom. The Morgan fingerprint density at radius 1 is 1.31 bits per heavy atom. The van der Waals surface area contributed by atoms with Crippen LogP contribution >= 0.6 is 23.2 Å². The van der Waals surface area contributed by atoms with Crippen LogP contribution in [0, 0.1) is 0 Å². The van der Waals surface area contributed by atoms with Gasteiger partial charge in [-0.05, 0) is 24.1 Å². The van der Waals surface area contributed by atoms with Gasteiger partial charge in [-0.1, -0.05) is 42.6 Å². The van der Waals surface area contributed by atoms with E-state index in [1.807, 2.05) is 6.92 Å². The van der Waals surface area contributed by atoms with Gasteiger partial charge in [0.15, 0.2) is 0 Å². The molecule has 72 valence electrons. The number of halogens is 2. The highest BCUT2D eigenvalue weighted by molar-refractivity contribution is 6.42. The second kappa shape index (κ2) is 4.85. The molecule has 0 unspecified atom stereocenters. The summed E-state index contributed by atoms with van der Waals surface area (Å²) in [6, 6.07) is 5.22. The Morgan fingerprint density at radius 2 is 2.00 bits per heavy atom. The number of hydrogen-bond donors (Lipinski definition) is 1. The molecule has 1 atom stereocenters. The zero-order valence-corrected chi connectivity index (χ0v) is 8.94. The van der Waals surface area contributed by atoms with Gasteiger partial charge in [0.2, 0.25) is 0 Å². The molecule has 0 fully saturated rings. The molecule has 13 heavy (non-hydrogen) atoms. The van der Waals surface area contributed by atoms with Gasteiger partial charge in [-0.15, -0.1) is 0 Å². The maximum absolute atomic E-state index is 9.63. The molecule has 0 aromatic heterocycles. The van der Waals surface area contributed by atoms with Gasteiger partial charge in [-0.25, -0.2) is 0 Å². The summed E-state index contributed by atoms with van der Waals surface area (Å²) in [5.74, 6) is 0. The molecule has 3 heteroatoms. The van der Waals surface area contributed by atoms with Gasteiger partial charge in [-0.3, -0.25) is 0 Å². The van der Waals surface area contributed by atoms with Crippen molar-refractivity contribution in [3.8, 4) is 0 Å². The molecular weight excluding hydrogens is 207 g/mol. The van der Waals surface area contributed by atoms with Crippen molar-refractivity contribution >= 4 is 23.2 Å². The summed E-state index contributed by atoms with van der Waals surface area (Å²) in [4.78, 5) is 0. The van der Waals surface area contributed by atoms with E-state index in [0.29, 0.717) is 10.0 Å². The summed E-state index contributed by atoms with van der Waals surface area (Å²) in [6.07, 6.45) is 1.26. The van der Waals surface area contributed by atoms with Gasteiger partial charge in [0.1, 0.15) is 0 Å². The van der Waals surface area contributed by atoms with Gasteiger partial charge < -0.3 is 5.11 Å². The second-order valence-electron chi connectivity index (χ2n) is 2.98. The number of benzene rings is 1. The van der Waals surface area contributed by atoms with Crippen LogP contribution in [-0.2, 0) is 0 Å². The number of aliphatic hydroxyl groups is 1. The van der Waals surface area contributed by atoms with Crippen molar-refractivity contribution in [3.63, 3.8) is 0 Å². The first-order valence-corrected chi connectivity index (χ1v) is 5.03. The summed E-state index contributed by atoms with van der Waals surface area (Å²) in [5.41, 5.74) is 0.830. The molecule has 0 aliphatic carbocycles. The van der Waals surface area contributed by atoms with Gasteiger partial charge in [0.25, 0.3) is 0 Å². The first-order valence-electron chi connectivity index (χ1n) is 4.28. The smallest absolute Gasteiger partial charge is 0.0790 e. The van der Waals surface area contributed by atoms with Crippen LogP contribution in [0.3, 0.4) is 0 Å². The average Bonchev–Trinajstić information content (AvgIpc) is 2.10. The lowest BCUT2D eigenvalue weighted by molar-refractivity contribution is 0.166. The summed E-state index contributed by atoms with van der Waals surface area (Å²) < 4.78 is 0. The Bertz CT molecular complexity index is 286. The predicted octanol–water partition coefficient (Wildman–Crippen LogP) is 3.83. The van der Waals surface area contributed by atoms with Crippen molar-refractivity contribution in [3.05, 3.63) is 33.8 Å². The molecule has 0 heterocycles. The molecule has 0 bridgehead atoms. The van der Waals surface area contributed by atoms with Crippen LogP contribution in [0.5, 0.6) is 0 Å². The number of hydrogen-bond acceptors (Lipinski definition) is 1. The molecule has 0 aliphatic heterocycles. The fourth-order valence-corrected chi connectivity index (χ4v) is 1.47. The topological polar surface area (TPSA) is 20.2 Å². The van der Waals surface area contributed by atoms with Crippen molar-refractivity contribution in [2.24, 2.45) is 0 Å². The predicted molar refractivity (Wildman–Crippen MR) is 56.3 cm³/mol. The van der Waals surface area contributed by atoms with E-state index in [2.05, 4.69) is 0 Å². The number of aliphatic hydroxyl groups excluding tert-OH is 1. The Hall–Kier alpha value is -0.240. The molecule has 1 aromatic carbocycles. The molecule has 0 aliphatic rings. The van der Waals surface area contributed by atoms with Crippen LogP contribution < -0.4 is 0 Å². The van der Waals surface area contributed by atoms with Crippen molar-refractivity contribution in [1.82, 2.24) is 0 Å². The highest BCUT2D eigenvalue weighted by atomic mass is 35.5. The normalized spacial score (nSPS) is 12.9. The van der Waals surface area contributed by atoms with Gasteiger partial charge in [-0.2, -0.15) is 0 Å². The van der Waals surface area contributed by atoms with Crippen molar-refractivity contribution in [1.29, 1.82) is 0 Å². The third kappa shape index (κ3) is 2.87. The van der Waals surface area contributed by atoms with E-state index in [0.717, 1.165) is 18.4 Å². The largest absolute Gasteiger partial charge is 0.388 e. The van der Waals surface area contributed by atoms with Crippen LogP contribution in [0.25, 0.3) is 0 Å². The van der Waals surface area contributed by atoms with Crippen molar-refractivity contribution in [2.45, 2.75) is 25.9 Å². The van der Waals surface area contributed by atoms with E-state index in [9.17, 15) is 5.11 Å². The van der Waals surface area contributed by atoms with Crippen LogP contribution in [0.4, 0.5) is 0 Å². The SMILES string of the molecule is CCC[C@@H](O)c1ccc(Cl)c(Cl)c1. The lowest BCUT2D eigenvalue weighted by Gasteiger charge is -2.09. The first kappa shape index (κ1) is 10.8. The Balaban J connectivity index is 2.84. The third-order valence-corrected chi connectivity index (χ3v) is 2.63. The average molecular weight is 219 g/mol. The van der Waals surface area contributed by atoms with Crippen LogP contribution in [-0.4, -0.2) is 5.11 Å². The van der Waals surface area contributed by atoms with Crippen LogP contribution in [0.15, 0.2) is 18.2 Å². The maximum Gasteiger partial charge on any atom is 0.0790 e. The van der Waals surface area contributed by atoms with Crippen LogP contribution in [0.2, 0.25) is 10.0 Å². The molecule has 1 aromatic rings. The van der Waals surface area contributed by atoms with Gasteiger partial charge >= 0.3 is 0 Å². The Kier molecular flexibility index (Phi) is 4.04. The zero-order chi connectivity index (χ0) is 9.84. The lowest BCUT2D eigenvalue weighted by atomic mass is 10.1. The molecule has 1 rings (SSSR count). The summed E-state index contributed by atoms with van der Waals surface area (Å²) in [5, 5.41) is 10.7. The van der Waals surface area contributed by atoms with Crippen LogP contribution in [0.1, 0.15) is 31.4 Å². The maximum atomic E-state index is 9.63. The van der Waals surface area contributed by atoms with E-state index in [1.54, 1.807) is 18.2 Å². The minimum Gasteiger partial charge on any atom is -0.388 e. The molecule has 1 N–H and O–H groups in total. The first-order chi connectivity index (χ1) is 6.15. The van der Waals surface area contributed by atoms with Gasteiger partial charge in [0.05, 0.1) is 16.1 Å². The third-order valence-electron chi connectivity index (χ3n) is 1.89. The molecule has 1 nitrogen and oxygen atoms in total. The minimum absolute atomic E-state index is 0.431. The second-order valence-corrected chi connectivity index (χ2v) is 3.79. The fourth-order valence-electron chi connectivity index (χ4n) is 1.16. The highest BCUT2D eigenvalue weighted by Gasteiger charge is 2.07. The molecule has 0 amide bonds. The van der Waals surface area contributed by atoms with E-state index < -0.39 is 6.10 Å². The van der Waals surface area contributed by atoms with E-state index in [-0.39, 0.29) is 0 Å². The zero-order valence-electron chi connectivity index (χ0n) is 7.43. The van der Waals surface area contributed by atoms with Crippen molar-refractivity contribution in [2.75, 3.05) is 0 Å². The monoisotopic (exact) mass is 218 g/mol. The summed E-state index contributed by atoms with van der Waals surface area (Å²) in [7, 11) is 0. The highest BCUT2D eigenvalue weighted by Crippen LogP contribution is 2.27. The van der Waals surface area contributed by atoms with E-state index >= 15 is 0 Å². The standard InChI is InChI=1S/C10H12Cl2O/c1-2-3-10(13)7-4-5-8(11)9(12)6-7/h4-6,10,13H,2-3H2,1H3/t10-/m1/s1. The molecule has 0 spiro atoms. The van der Waals surface area contributed by atoms with E-state index in [1.165, 1.54) is 0 Å². The van der Waals surface area contributed by atoms with Crippen molar-refractivity contribution < 1.29 is 5.11 Å². The molecule has 0 saturated carbocycles. The molecular formula is C10H12Cl2O. The lowest BCUT2D eigenvalue weighted by Crippen LogP contribution is -1.96. The minimum atomic E-state index is -0.431. The summed E-state index contributed by atoms with van der Waals surface area (Å²) >= 11 is 11.6. The van der Waals surface area contributed by atoms with Gasteiger partial charge in [0, 0.05) is 0 Å². The summed E-state index contributed by atoms with van der Waals surface area (Å²) in [6.45, 7) is 2.03. The number of rotatable bonds is 3. The molecule has 0 radical (unpaired) electrons. The fraction of sp³-hybridized carbons (Fsp3) is 0.400.